The third-order valence-corrected chi connectivity index (χ3v) is 0.638. The minimum Gasteiger partial charge on any atom is -0.369 e. The zero-order valence-corrected chi connectivity index (χ0v) is 4.35. The second-order valence-corrected chi connectivity index (χ2v) is 1.38. The Morgan fingerprint density at radius 2 is 1.90 bits per heavy atom. The average Bonchev–Trinajstić information content (AvgIpc) is 1.54. The molecule has 0 fully saturated rings. The predicted octanol–water partition coefficient (Wildman–Crippen LogP) is 1.57. The van der Waals surface area contributed by atoms with Crippen molar-refractivity contribution in [2.24, 2.45) is 9.98 Å². The van der Waals surface area contributed by atoms with E-state index in [1.807, 2.05) is 10.3 Å². The van der Waals surface area contributed by atoms with Crippen LogP contribution in [-0.4, -0.2) is 18.3 Å². The van der Waals surface area contributed by atoms with E-state index in [-0.39, 0.29) is 0 Å². The van der Waals surface area contributed by atoms with Crippen LogP contribution in [-0.2, 0) is 0 Å². The van der Waals surface area contributed by atoms with E-state index in [0.717, 1.165) is 0 Å². The van der Waals surface area contributed by atoms with Gasteiger partial charge in [0.05, 0.1) is 0 Å². The molecule has 10 heavy (non-hydrogen) atoms. The molecule has 3 nitrogen and oxygen atoms in total. The van der Waals surface area contributed by atoms with Gasteiger partial charge in [-0.25, -0.2) is 4.39 Å². The Labute approximate surface area is 52.5 Å². The van der Waals surface area contributed by atoms with E-state index in [0.29, 0.717) is 0 Å². The Hall–Kier alpha value is -1.14. The van der Waals surface area contributed by atoms with Crippen molar-refractivity contribution >= 4 is 12.2 Å². The first-order valence-corrected chi connectivity index (χ1v) is 2.10. The summed E-state index contributed by atoms with van der Waals surface area (Å²) in [5.41, 5.74) is 0. The van der Waals surface area contributed by atoms with E-state index in [1.165, 1.54) is 0 Å². The van der Waals surface area contributed by atoms with E-state index in [9.17, 15) is 17.6 Å². The number of amidine groups is 2. The fourth-order valence-electron chi connectivity index (χ4n) is 0.373. The van der Waals surface area contributed by atoms with Crippen LogP contribution in [0.1, 0.15) is 0 Å². The van der Waals surface area contributed by atoms with Crippen molar-refractivity contribution in [3.05, 3.63) is 5.32 Å². The molecule has 1 heterocycles. The van der Waals surface area contributed by atoms with Crippen LogP contribution in [0, 0.1) is 0 Å². The topological polar surface area (TPSA) is 38.8 Å². The lowest BCUT2D eigenvalue weighted by Gasteiger charge is -2.22. The first kappa shape index (κ1) is 6.97. The van der Waals surface area contributed by atoms with Crippen molar-refractivity contribution in [1.29, 1.82) is 0 Å². The van der Waals surface area contributed by atoms with Crippen LogP contribution in [0.4, 0.5) is 17.6 Å². The lowest BCUT2D eigenvalue weighted by molar-refractivity contribution is 0.0551. The molecule has 0 saturated heterocycles. The van der Waals surface area contributed by atoms with Gasteiger partial charge in [0, 0.05) is 0 Å². The molecular weight excluding hydrogens is 154 g/mol. The minimum absolute atomic E-state index is 1.81. The normalized spacial score (nSPS) is 22.8. The van der Waals surface area contributed by atoms with Crippen LogP contribution in [0.15, 0.2) is 9.98 Å². The Kier molecular flexibility index (Phi) is 1.34. The van der Waals surface area contributed by atoms with Gasteiger partial charge < -0.3 is 10.3 Å². The number of hydrogen-bond acceptors (Lipinski definition) is 2. The van der Waals surface area contributed by atoms with E-state index in [2.05, 4.69) is 4.99 Å². The number of rotatable bonds is 0. The Balaban J connectivity index is 2.88. The quantitative estimate of drug-likeness (QED) is 0.375. The molecule has 0 spiro atoms. The molecule has 56 valence electrons. The predicted molar refractivity (Wildman–Crippen MR) is 25.4 cm³/mol. The van der Waals surface area contributed by atoms with Gasteiger partial charge in [0.2, 0.25) is 6.09 Å². The lowest BCUT2D eigenvalue weighted by Crippen LogP contribution is -2.19. The molecule has 0 aromatic rings. The molecule has 1 aliphatic heterocycles. The fourth-order valence-corrected chi connectivity index (χ4v) is 0.373. The number of hydrogen-bond donors (Lipinski definition) is 0. The highest BCUT2D eigenvalue weighted by Gasteiger charge is 2.26. The van der Waals surface area contributed by atoms with Gasteiger partial charge in [-0.3, -0.25) is 0 Å². The van der Waals surface area contributed by atoms with Crippen LogP contribution < -0.4 is 0 Å². The molecule has 0 radical (unpaired) electrons. The molecule has 0 bridgehead atoms. The molecule has 0 aliphatic carbocycles. The largest absolute Gasteiger partial charge is 0.369 e. The van der Waals surface area contributed by atoms with Crippen molar-refractivity contribution in [2.45, 2.75) is 6.17 Å². The van der Waals surface area contributed by atoms with E-state index < -0.39 is 18.3 Å². The van der Waals surface area contributed by atoms with Gasteiger partial charge in [-0.2, -0.15) is 18.2 Å². The summed E-state index contributed by atoms with van der Waals surface area (Å²) >= 11 is 0. The van der Waals surface area contributed by atoms with E-state index in [1.54, 1.807) is 0 Å². The van der Waals surface area contributed by atoms with Crippen LogP contribution >= 0.6 is 0 Å². The summed E-state index contributed by atoms with van der Waals surface area (Å²) in [6, 6.07) is 0. The standard InChI is InChI=1S/C3F4N3/c4-1-8-2(5)10-3(6,7)9-1/q-1. The molecule has 1 rings (SSSR count). The van der Waals surface area contributed by atoms with Crippen LogP contribution in [0.25, 0.3) is 5.32 Å². The summed E-state index contributed by atoms with van der Waals surface area (Å²) in [5, 5.41) is 1.99. The van der Waals surface area contributed by atoms with Gasteiger partial charge in [-0.1, -0.05) is 0 Å². The molecule has 0 amide bonds. The first-order chi connectivity index (χ1) is 4.49. The Morgan fingerprint density at radius 1 is 1.30 bits per heavy atom. The maximum Gasteiger partial charge on any atom is 0.365 e. The molecule has 0 atom stereocenters. The lowest BCUT2D eigenvalue weighted by atomic mass is 10.8. The summed E-state index contributed by atoms with van der Waals surface area (Å²) in [6.45, 7) is 0. The van der Waals surface area contributed by atoms with Crippen LogP contribution in [0.5, 0.6) is 0 Å². The molecule has 0 saturated carbocycles. The first-order valence-electron chi connectivity index (χ1n) is 2.10. The van der Waals surface area contributed by atoms with Crippen molar-refractivity contribution in [2.75, 3.05) is 0 Å². The highest BCUT2D eigenvalue weighted by molar-refractivity contribution is 5.98. The molecule has 0 N–H and O–H groups in total. The third-order valence-electron chi connectivity index (χ3n) is 0.638. The SMILES string of the molecule is FC1=NC(F)(F)[N-]C(F)=N1. The summed E-state index contributed by atoms with van der Waals surface area (Å²) in [4.78, 5) is 4.25. The zero-order chi connectivity index (χ0) is 7.78. The van der Waals surface area contributed by atoms with Gasteiger partial charge in [-0.15, -0.1) is 0 Å². The molecular formula is C3F4N3-. The fraction of sp³-hybridized carbons (Fsp3) is 0.333. The summed E-state index contributed by atoms with van der Waals surface area (Å²) in [6.07, 6.45) is -7.66. The third kappa shape index (κ3) is 1.42. The van der Waals surface area contributed by atoms with E-state index >= 15 is 0 Å². The van der Waals surface area contributed by atoms with Gasteiger partial charge in [0.25, 0.3) is 0 Å². The van der Waals surface area contributed by atoms with Gasteiger partial charge in [0.1, 0.15) is 6.09 Å². The Morgan fingerprint density at radius 3 is 2.30 bits per heavy atom. The zero-order valence-electron chi connectivity index (χ0n) is 4.35. The van der Waals surface area contributed by atoms with Crippen LogP contribution in [0.2, 0.25) is 0 Å². The average molecular weight is 154 g/mol. The van der Waals surface area contributed by atoms with Crippen molar-refractivity contribution in [3.63, 3.8) is 0 Å². The molecule has 0 aromatic heterocycles. The maximum absolute atomic E-state index is 11.8. The molecule has 0 unspecified atom stereocenters. The highest BCUT2D eigenvalue weighted by atomic mass is 19.3. The number of aliphatic imine (C=N–C) groups is 2. The summed E-state index contributed by atoms with van der Waals surface area (Å²) in [7, 11) is 0. The molecule has 7 heteroatoms. The van der Waals surface area contributed by atoms with Crippen molar-refractivity contribution < 1.29 is 17.6 Å². The molecule has 1 aliphatic rings. The maximum atomic E-state index is 11.8. The van der Waals surface area contributed by atoms with Gasteiger partial charge >= 0.3 is 6.17 Å². The smallest absolute Gasteiger partial charge is 0.365 e. The van der Waals surface area contributed by atoms with E-state index in [4.69, 9.17) is 0 Å². The number of halogens is 4. The second-order valence-electron chi connectivity index (χ2n) is 1.38. The van der Waals surface area contributed by atoms with Crippen molar-refractivity contribution in [1.82, 2.24) is 0 Å². The molecule has 0 aromatic carbocycles. The monoisotopic (exact) mass is 154 g/mol. The Bertz CT molecular complexity index is 208. The van der Waals surface area contributed by atoms with Gasteiger partial charge in [-0.05, 0) is 0 Å². The highest BCUT2D eigenvalue weighted by Crippen LogP contribution is 2.27. The van der Waals surface area contributed by atoms with Crippen molar-refractivity contribution in [3.8, 4) is 0 Å². The second kappa shape index (κ2) is 1.93. The minimum atomic E-state index is -4.05. The van der Waals surface area contributed by atoms with Gasteiger partial charge in [0.15, 0.2) is 0 Å². The number of alkyl halides is 2. The number of nitrogens with zero attached hydrogens (tertiary/aromatic N) is 3. The van der Waals surface area contributed by atoms with Crippen LogP contribution in [0.3, 0.4) is 0 Å². The summed E-state index contributed by atoms with van der Waals surface area (Å²) in [5.74, 6) is 0. The summed E-state index contributed by atoms with van der Waals surface area (Å²) < 4.78 is 47.0.